The third-order valence-electron chi connectivity index (χ3n) is 5.73. The highest BCUT2D eigenvalue weighted by Crippen LogP contribution is 2.33. The van der Waals surface area contributed by atoms with Gasteiger partial charge in [-0.05, 0) is 43.5 Å². The van der Waals surface area contributed by atoms with Crippen LogP contribution in [0.5, 0.6) is 5.75 Å². The number of benzene rings is 2. The van der Waals surface area contributed by atoms with Gasteiger partial charge in [0.25, 0.3) is 5.91 Å². The molecule has 0 spiro atoms. The SMILES string of the molecule is O=C(N[C@@H]1CCC[C@H](c2nc3ccccc3[nH]2)C1)C1=Cc2ccccc2OC1. The summed E-state index contributed by atoms with van der Waals surface area (Å²) in [6.45, 7) is 0.322. The molecule has 0 bridgehead atoms. The standard InChI is InChI=1S/C23H23N3O2/c27-23(17-12-15-6-1-4-11-21(15)28-14-17)24-18-8-5-7-16(13-18)22-25-19-9-2-3-10-20(19)26-22/h1-4,6,9-12,16,18H,5,7-8,13-14H2,(H,24,27)(H,25,26)/t16-,18+/m0/s1. The Morgan fingerprint density at radius 3 is 2.89 bits per heavy atom. The van der Waals surface area contributed by atoms with Gasteiger partial charge in [0.05, 0.1) is 16.6 Å². The van der Waals surface area contributed by atoms with Crippen LogP contribution < -0.4 is 10.1 Å². The first-order valence-electron chi connectivity index (χ1n) is 9.94. The van der Waals surface area contributed by atoms with Gasteiger partial charge in [-0.1, -0.05) is 36.8 Å². The first-order chi connectivity index (χ1) is 13.8. The van der Waals surface area contributed by atoms with Crippen LogP contribution in [0.3, 0.4) is 0 Å². The number of hydrogen-bond acceptors (Lipinski definition) is 3. The number of nitrogens with zero attached hydrogens (tertiary/aromatic N) is 1. The Morgan fingerprint density at radius 2 is 1.96 bits per heavy atom. The van der Waals surface area contributed by atoms with E-state index in [4.69, 9.17) is 9.72 Å². The molecule has 0 radical (unpaired) electrons. The molecule has 2 aromatic carbocycles. The molecule has 28 heavy (non-hydrogen) atoms. The molecule has 1 aliphatic carbocycles. The topological polar surface area (TPSA) is 67.0 Å². The van der Waals surface area contributed by atoms with Crippen molar-refractivity contribution in [2.45, 2.75) is 37.6 Å². The van der Waals surface area contributed by atoms with Gasteiger partial charge in [-0.2, -0.15) is 0 Å². The Kier molecular flexibility index (Phi) is 4.35. The van der Waals surface area contributed by atoms with Crippen molar-refractivity contribution in [3.05, 3.63) is 65.5 Å². The number of aromatic nitrogens is 2. The van der Waals surface area contributed by atoms with Crippen molar-refractivity contribution in [1.82, 2.24) is 15.3 Å². The second-order valence-electron chi connectivity index (χ2n) is 7.67. The monoisotopic (exact) mass is 373 g/mol. The van der Waals surface area contributed by atoms with Crippen LogP contribution in [0.2, 0.25) is 0 Å². The Bertz CT molecular complexity index is 1020. The highest BCUT2D eigenvalue weighted by Gasteiger charge is 2.28. The fourth-order valence-electron chi connectivity index (χ4n) is 4.26. The second kappa shape index (κ2) is 7.15. The molecule has 1 aliphatic heterocycles. The van der Waals surface area contributed by atoms with Gasteiger partial charge in [0.2, 0.25) is 0 Å². The summed E-state index contributed by atoms with van der Waals surface area (Å²) < 4.78 is 5.73. The first-order valence-corrected chi connectivity index (χ1v) is 9.94. The maximum absolute atomic E-state index is 12.8. The van der Waals surface area contributed by atoms with E-state index in [9.17, 15) is 4.79 Å². The summed E-state index contributed by atoms with van der Waals surface area (Å²) in [5.74, 6) is 2.20. The fourth-order valence-corrected chi connectivity index (χ4v) is 4.26. The summed E-state index contributed by atoms with van der Waals surface area (Å²) in [6.07, 6.45) is 6.05. The number of amides is 1. The molecule has 3 aromatic rings. The van der Waals surface area contributed by atoms with E-state index < -0.39 is 0 Å². The van der Waals surface area contributed by atoms with Crippen molar-refractivity contribution in [2.24, 2.45) is 0 Å². The summed E-state index contributed by atoms with van der Waals surface area (Å²) in [6, 6.07) is 16.1. The lowest BCUT2D eigenvalue weighted by atomic mass is 9.85. The van der Waals surface area contributed by atoms with E-state index in [0.717, 1.165) is 53.9 Å². The molecule has 5 nitrogen and oxygen atoms in total. The first kappa shape index (κ1) is 17.0. The molecular formula is C23H23N3O2. The van der Waals surface area contributed by atoms with Gasteiger partial charge in [-0.3, -0.25) is 4.79 Å². The molecule has 1 aromatic heterocycles. The summed E-state index contributed by atoms with van der Waals surface area (Å²) in [7, 11) is 0. The largest absolute Gasteiger partial charge is 0.488 e. The number of hydrogen-bond donors (Lipinski definition) is 2. The zero-order chi connectivity index (χ0) is 18.9. The quantitative estimate of drug-likeness (QED) is 0.724. The van der Waals surface area contributed by atoms with Crippen molar-refractivity contribution in [2.75, 3.05) is 6.61 Å². The Morgan fingerprint density at radius 1 is 1.11 bits per heavy atom. The van der Waals surface area contributed by atoms with Crippen LogP contribution in [0, 0.1) is 0 Å². The van der Waals surface area contributed by atoms with E-state index in [-0.39, 0.29) is 11.9 Å². The van der Waals surface area contributed by atoms with E-state index in [0.29, 0.717) is 18.1 Å². The van der Waals surface area contributed by atoms with Crippen LogP contribution in [0.15, 0.2) is 54.1 Å². The zero-order valence-corrected chi connectivity index (χ0v) is 15.7. The van der Waals surface area contributed by atoms with Crippen molar-refractivity contribution >= 4 is 23.0 Å². The van der Waals surface area contributed by atoms with Gasteiger partial charge in [0, 0.05) is 17.5 Å². The average molecular weight is 373 g/mol. The van der Waals surface area contributed by atoms with E-state index >= 15 is 0 Å². The number of fused-ring (bicyclic) bond motifs is 2. The molecule has 2 aliphatic rings. The minimum Gasteiger partial charge on any atom is -0.488 e. The fraction of sp³-hybridized carbons (Fsp3) is 0.304. The number of carbonyl (C=O) groups excluding carboxylic acids is 1. The molecule has 0 saturated heterocycles. The van der Waals surface area contributed by atoms with E-state index in [1.54, 1.807) is 0 Å². The van der Waals surface area contributed by atoms with Gasteiger partial charge in [0.1, 0.15) is 18.2 Å². The maximum Gasteiger partial charge on any atom is 0.250 e. The molecular weight excluding hydrogens is 350 g/mol. The lowest BCUT2D eigenvalue weighted by molar-refractivity contribution is -0.118. The summed E-state index contributed by atoms with van der Waals surface area (Å²) in [5.41, 5.74) is 3.73. The molecule has 0 unspecified atom stereocenters. The molecule has 1 amide bonds. The van der Waals surface area contributed by atoms with Gasteiger partial charge in [0.15, 0.2) is 0 Å². The van der Waals surface area contributed by atoms with Crippen molar-refractivity contribution < 1.29 is 9.53 Å². The smallest absolute Gasteiger partial charge is 0.250 e. The molecule has 5 heteroatoms. The highest BCUT2D eigenvalue weighted by molar-refractivity contribution is 5.99. The normalized spacial score (nSPS) is 21.5. The minimum atomic E-state index is -0.0234. The number of ether oxygens (including phenoxy) is 1. The van der Waals surface area contributed by atoms with Crippen molar-refractivity contribution in [3.63, 3.8) is 0 Å². The predicted octanol–water partition coefficient (Wildman–Crippen LogP) is 4.18. The molecule has 142 valence electrons. The summed E-state index contributed by atoms with van der Waals surface area (Å²) >= 11 is 0. The Labute approximate surface area is 163 Å². The molecule has 1 fully saturated rings. The van der Waals surface area contributed by atoms with E-state index in [2.05, 4.69) is 16.4 Å². The Hall–Kier alpha value is -3.08. The summed E-state index contributed by atoms with van der Waals surface area (Å²) in [5, 5.41) is 3.22. The predicted molar refractivity (Wildman–Crippen MR) is 109 cm³/mol. The number of carbonyl (C=O) groups is 1. The van der Waals surface area contributed by atoms with Crippen LogP contribution in [-0.4, -0.2) is 28.5 Å². The lowest BCUT2D eigenvalue weighted by Crippen LogP contribution is -2.40. The second-order valence-corrected chi connectivity index (χ2v) is 7.67. The number of para-hydroxylation sites is 3. The number of rotatable bonds is 3. The van der Waals surface area contributed by atoms with Crippen molar-refractivity contribution in [1.29, 1.82) is 0 Å². The van der Waals surface area contributed by atoms with Crippen LogP contribution in [0.4, 0.5) is 0 Å². The van der Waals surface area contributed by atoms with E-state index in [1.807, 2.05) is 48.5 Å². The maximum atomic E-state index is 12.8. The number of aromatic amines is 1. The molecule has 2 heterocycles. The van der Waals surface area contributed by atoms with Gasteiger partial charge in [-0.15, -0.1) is 0 Å². The highest BCUT2D eigenvalue weighted by atomic mass is 16.5. The van der Waals surface area contributed by atoms with Gasteiger partial charge in [-0.25, -0.2) is 4.98 Å². The van der Waals surface area contributed by atoms with Crippen LogP contribution in [0.25, 0.3) is 17.1 Å². The van der Waals surface area contributed by atoms with Crippen LogP contribution >= 0.6 is 0 Å². The average Bonchev–Trinajstić information content (AvgIpc) is 3.18. The number of nitrogens with one attached hydrogen (secondary N) is 2. The van der Waals surface area contributed by atoms with Crippen LogP contribution in [0.1, 0.15) is 43.0 Å². The Balaban J connectivity index is 1.28. The van der Waals surface area contributed by atoms with Crippen molar-refractivity contribution in [3.8, 4) is 5.75 Å². The number of imidazole rings is 1. The van der Waals surface area contributed by atoms with E-state index in [1.165, 1.54) is 0 Å². The molecule has 5 rings (SSSR count). The van der Waals surface area contributed by atoms with Gasteiger partial charge < -0.3 is 15.0 Å². The molecule has 1 saturated carbocycles. The summed E-state index contributed by atoms with van der Waals surface area (Å²) in [4.78, 5) is 21.0. The zero-order valence-electron chi connectivity index (χ0n) is 15.7. The molecule has 2 N–H and O–H groups in total. The third kappa shape index (κ3) is 3.28. The lowest BCUT2D eigenvalue weighted by Gasteiger charge is -2.29. The number of H-pyrrole nitrogens is 1. The van der Waals surface area contributed by atoms with Gasteiger partial charge >= 0.3 is 0 Å². The van der Waals surface area contributed by atoms with Crippen LogP contribution in [-0.2, 0) is 4.79 Å². The minimum absolute atomic E-state index is 0.0234. The third-order valence-corrected chi connectivity index (χ3v) is 5.73. The molecule has 2 atom stereocenters.